The molecule has 7 heteroatoms. The highest BCUT2D eigenvalue weighted by Crippen LogP contribution is 2.31. The molecule has 5 nitrogen and oxygen atoms in total. The highest BCUT2D eigenvalue weighted by atomic mass is 35.5. The maximum Gasteiger partial charge on any atom is 0.223 e. The van der Waals surface area contributed by atoms with Gasteiger partial charge in [-0.05, 0) is 56.9 Å². The van der Waals surface area contributed by atoms with E-state index in [1.54, 1.807) is 11.8 Å². The van der Waals surface area contributed by atoms with Gasteiger partial charge in [0.25, 0.3) is 0 Å². The van der Waals surface area contributed by atoms with Crippen LogP contribution in [0.4, 0.5) is 0 Å². The van der Waals surface area contributed by atoms with E-state index in [9.17, 15) is 4.79 Å². The number of benzene rings is 2. The fourth-order valence-electron chi connectivity index (χ4n) is 4.24. The van der Waals surface area contributed by atoms with E-state index >= 15 is 0 Å². The van der Waals surface area contributed by atoms with Crippen LogP contribution in [0.25, 0.3) is 5.69 Å². The number of amides is 1. The Balaban J connectivity index is 1.65. The SMILES string of the molecule is Cc1cccc(CSc2nnc(C(C)NC(=O)C3CCCC3)n2-c2cc(Cl)ccc2C)c1. The van der Waals surface area contributed by atoms with Gasteiger partial charge < -0.3 is 5.32 Å². The van der Waals surface area contributed by atoms with Gasteiger partial charge in [0.15, 0.2) is 11.0 Å². The van der Waals surface area contributed by atoms with Crippen molar-refractivity contribution < 1.29 is 4.79 Å². The van der Waals surface area contributed by atoms with E-state index in [2.05, 4.69) is 46.7 Å². The first-order chi connectivity index (χ1) is 15.4. The van der Waals surface area contributed by atoms with E-state index in [1.165, 1.54) is 11.1 Å². The Bertz CT molecular complexity index is 1110. The average molecular weight is 469 g/mol. The summed E-state index contributed by atoms with van der Waals surface area (Å²) in [6.45, 7) is 6.12. The van der Waals surface area contributed by atoms with Crippen molar-refractivity contribution in [1.82, 2.24) is 20.1 Å². The zero-order valence-corrected chi connectivity index (χ0v) is 20.3. The Labute approximate surface area is 199 Å². The van der Waals surface area contributed by atoms with Crippen molar-refractivity contribution in [2.24, 2.45) is 5.92 Å². The van der Waals surface area contributed by atoms with E-state index in [-0.39, 0.29) is 17.9 Å². The zero-order chi connectivity index (χ0) is 22.7. The Hall–Kier alpha value is -2.31. The Morgan fingerprint density at radius 2 is 1.97 bits per heavy atom. The number of rotatable bonds is 7. The Morgan fingerprint density at radius 1 is 1.19 bits per heavy atom. The monoisotopic (exact) mass is 468 g/mol. The van der Waals surface area contributed by atoms with Gasteiger partial charge in [0.1, 0.15) is 0 Å². The molecule has 0 saturated heterocycles. The van der Waals surface area contributed by atoms with Gasteiger partial charge in [-0.3, -0.25) is 9.36 Å². The maximum atomic E-state index is 12.8. The largest absolute Gasteiger partial charge is 0.346 e. The molecule has 1 aliphatic rings. The van der Waals surface area contributed by atoms with Crippen LogP contribution in [-0.2, 0) is 10.5 Å². The Kier molecular flexibility index (Phi) is 7.21. The molecular formula is C25H29ClN4OS. The summed E-state index contributed by atoms with van der Waals surface area (Å²) >= 11 is 7.98. The summed E-state index contributed by atoms with van der Waals surface area (Å²) in [7, 11) is 0. The van der Waals surface area contributed by atoms with Crippen LogP contribution in [-0.4, -0.2) is 20.7 Å². The molecule has 3 aromatic rings. The van der Waals surface area contributed by atoms with Crippen LogP contribution >= 0.6 is 23.4 Å². The van der Waals surface area contributed by atoms with Gasteiger partial charge >= 0.3 is 0 Å². The van der Waals surface area contributed by atoms with Gasteiger partial charge in [-0.2, -0.15) is 0 Å². The van der Waals surface area contributed by atoms with Crippen molar-refractivity contribution in [3.05, 3.63) is 70.0 Å². The first kappa shape index (κ1) is 22.9. The van der Waals surface area contributed by atoms with Crippen LogP contribution in [0.2, 0.25) is 5.02 Å². The normalized spacial score (nSPS) is 15.1. The van der Waals surface area contributed by atoms with E-state index in [0.29, 0.717) is 10.8 Å². The molecule has 32 heavy (non-hydrogen) atoms. The number of hydrogen-bond acceptors (Lipinski definition) is 4. The van der Waals surface area contributed by atoms with Gasteiger partial charge in [0.2, 0.25) is 5.91 Å². The van der Waals surface area contributed by atoms with E-state index in [1.807, 2.05) is 36.6 Å². The standard InChI is InChI=1S/C25H29ClN4OS/c1-16-7-6-8-19(13-16)15-32-25-29-28-23(18(3)27-24(31)20-9-4-5-10-20)30(25)22-14-21(26)12-11-17(22)2/h6-8,11-14,18,20H,4-5,9-10,15H2,1-3H3,(H,27,31). The van der Waals surface area contributed by atoms with Crippen LogP contribution in [0, 0.1) is 19.8 Å². The zero-order valence-electron chi connectivity index (χ0n) is 18.8. The molecule has 4 rings (SSSR count). The van der Waals surface area contributed by atoms with Crippen LogP contribution in [0.3, 0.4) is 0 Å². The van der Waals surface area contributed by atoms with Crippen LogP contribution in [0.15, 0.2) is 47.6 Å². The molecule has 0 aliphatic heterocycles. The number of aromatic nitrogens is 3. The van der Waals surface area contributed by atoms with Gasteiger partial charge in [-0.1, -0.05) is 72.1 Å². The lowest BCUT2D eigenvalue weighted by atomic mass is 10.1. The van der Waals surface area contributed by atoms with Gasteiger partial charge in [-0.25, -0.2) is 0 Å². The first-order valence-electron chi connectivity index (χ1n) is 11.1. The quantitative estimate of drug-likeness (QED) is 0.419. The maximum absolute atomic E-state index is 12.8. The van der Waals surface area contributed by atoms with Crippen LogP contribution in [0.5, 0.6) is 0 Å². The number of aryl methyl sites for hydroxylation is 2. The number of nitrogens with zero attached hydrogens (tertiary/aromatic N) is 3. The van der Waals surface area contributed by atoms with Crippen molar-refractivity contribution in [1.29, 1.82) is 0 Å². The summed E-state index contributed by atoms with van der Waals surface area (Å²) in [6.07, 6.45) is 4.20. The number of thioether (sulfide) groups is 1. The predicted octanol–water partition coefficient (Wildman–Crippen LogP) is 6.20. The van der Waals surface area contributed by atoms with Crippen LogP contribution < -0.4 is 5.32 Å². The van der Waals surface area contributed by atoms with Crippen molar-refractivity contribution in [2.75, 3.05) is 0 Å². The van der Waals surface area contributed by atoms with E-state index in [0.717, 1.165) is 47.8 Å². The molecular weight excluding hydrogens is 440 g/mol. The highest BCUT2D eigenvalue weighted by molar-refractivity contribution is 7.98. The molecule has 168 valence electrons. The summed E-state index contributed by atoms with van der Waals surface area (Å²) in [5.41, 5.74) is 4.48. The molecule has 0 spiro atoms. The highest BCUT2D eigenvalue weighted by Gasteiger charge is 2.27. The molecule has 1 N–H and O–H groups in total. The minimum atomic E-state index is -0.262. The van der Waals surface area contributed by atoms with Crippen molar-refractivity contribution in [2.45, 2.75) is 63.4 Å². The molecule has 1 saturated carbocycles. The second kappa shape index (κ2) is 10.1. The third kappa shape index (κ3) is 5.18. The molecule has 1 fully saturated rings. The minimum absolute atomic E-state index is 0.108. The lowest BCUT2D eigenvalue weighted by Gasteiger charge is -2.19. The molecule has 1 atom stereocenters. The molecule has 0 bridgehead atoms. The second-order valence-corrected chi connectivity index (χ2v) is 9.98. The number of carbonyl (C=O) groups is 1. The fourth-order valence-corrected chi connectivity index (χ4v) is 5.30. The molecule has 1 amide bonds. The summed E-state index contributed by atoms with van der Waals surface area (Å²) in [5, 5.41) is 13.6. The molecule has 1 aromatic heterocycles. The van der Waals surface area contributed by atoms with Crippen LogP contribution in [0.1, 0.15) is 61.2 Å². The third-order valence-corrected chi connectivity index (χ3v) is 7.23. The lowest BCUT2D eigenvalue weighted by molar-refractivity contribution is -0.125. The van der Waals surface area contributed by atoms with E-state index < -0.39 is 0 Å². The number of hydrogen-bond donors (Lipinski definition) is 1. The smallest absolute Gasteiger partial charge is 0.223 e. The topological polar surface area (TPSA) is 59.8 Å². The second-order valence-electron chi connectivity index (χ2n) is 8.60. The molecule has 1 aliphatic carbocycles. The Morgan fingerprint density at radius 3 is 2.72 bits per heavy atom. The third-order valence-electron chi connectivity index (χ3n) is 5.99. The summed E-state index contributed by atoms with van der Waals surface area (Å²) in [4.78, 5) is 12.8. The average Bonchev–Trinajstić information content (AvgIpc) is 3.44. The number of nitrogens with one attached hydrogen (secondary N) is 1. The van der Waals surface area contributed by atoms with Crippen molar-refractivity contribution in [3.63, 3.8) is 0 Å². The van der Waals surface area contributed by atoms with Gasteiger partial charge in [0.05, 0.1) is 11.7 Å². The number of carbonyl (C=O) groups excluding carboxylic acids is 1. The molecule has 2 aromatic carbocycles. The summed E-state index contributed by atoms with van der Waals surface area (Å²) in [5.74, 6) is 1.72. The molecule has 1 unspecified atom stereocenters. The summed E-state index contributed by atoms with van der Waals surface area (Å²) < 4.78 is 2.04. The van der Waals surface area contributed by atoms with Crippen molar-refractivity contribution >= 4 is 29.3 Å². The van der Waals surface area contributed by atoms with Gasteiger partial charge in [0, 0.05) is 16.7 Å². The predicted molar refractivity (Wildman–Crippen MR) is 130 cm³/mol. The first-order valence-corrected chi connectivity index (χ1v) is 12.5. The van der Waals surface area contributed by atoms with E-state index in [4.69, 9.17) is 11.6 Å². The van der Waals surface area contributed by atoms with Crippen molar-refractivity contribution in [3.8, 4) is 5.69 Å². The lowest BCUT2D eigenvalue weighted by Crippen LogP contribution is -2.33. The minimum Gasteiger partial charge on any atom is -0.346 e. The fraction of sp³-hybridized carbons (Fsp3) is 0.400. The van der Waals surface area contributed by atoms with Gasteiger partial charge in [-0.15, -0.1) is 10.2 Å². The summed E-state index contributed by atoms with van der Waals surface area (Å²) in [6, 6.07) is 14.0. The molecule has 1 heterocycles. The number of halogens is 1. The molecule has 0 radical (unpaired) electrons.